The van der Waals surface area contributed by atoms with Gasteiger partial charge in [0, 0.05) is 57.4 Å². The number of hydrogen-bond acceptors (Lipinski definition) is 12. The van der Waals surface area contributed by atoms with Gasteiger partial charge in [-0.05, 0) is 74.4 Å². The fraction of sp³-hybridized carbons (Fsp3) is 0.590. The number of esters is 1. The lowest BCUT2D eigenvalue weighted by Crippen LogP contribution is -2.50. The molecule has 1 aromatic heterocycles. The number of benzene rings is 1. The van der Waals surface area contributed by atoms with Crippen molar-refractivity contribution in [1.82, 2.24) is 34.9 Å². The number of nitrogens with zero attached hydrogens (tertiary/aromatic N) is 7. The minimum absolute atomic E-state index is 0.0858. The first-order valence-corrected chi connectivity index (χ1v) is 18.9. The van der Waals surface area contributed by atoms with Gasteiger partial charge in [0.2, 0.25) is 0 Å². The summed E-state index contributed by atoms with van der Waals surface area (Å²) >= 11 is 0. The maximum absolute atomic E-state index is 13.1. The topological polar surface area (TPSA) is 162 Å². The van der Waals surface area contributed by atoms with Crippen LogP contribution in [0.4, 0.5) is 9.59 Å². The molecule has 3 aliphatic rings. The molecule has 0 saturated carbocycles. The number of amides is 2. The number of aliphatic hydroxyl groups is 1. The number of para-hydroxylation sites is 1. The van der Waals surface area contributed by atoms with Gasteiger partial charge in [0.15, 0.2) is 6.10 Å². The smallest absolute Gasteiger partial charge is 0.410 e. The Hall–Kier alpha value is -4.76. The molecule has 2 amide bonds. The highest BCUT2D eigenvalue weighted by molar-refractivity contribution is 5.70. The minimum Gasteiger partial charge on any atom is -0.457 e. The number of tetrazole rings is 1. The molecule has 2 saturated heterocycles. The van der Waals surface area contributed by atoms with E-state index in [1.54, 1.807) is 22.8 Å². The SMILES string of the molecule is C/C(=C\C=C\[C@@H](C)COC(=O)N1CC[C@H](Oc2nnnn2-c2ccccc2)C1)[C@H]1OC(=O)CCCC[C@](C)(O)[C@@H](OC(=O)N2CCN(C)CC2)/C=C\[C@@H]1C. The van der Waals surface area contributed by atoms with Crippen molar-refractivity contribution >= 4 is 18.2 Å². The first-order chi connectivity index (χ1) is 25.9. The highest BCUT2D eigenvalue weighted by atomic mass is 16.6. The molecule has 0 unspecified atom stereocenters. The van der Waals surface area contributed by atoms with E-state index in [9.17, 15) is 19.5 Å². The van der Waals surface area contributed by atoms with E-state index in [0.29, 0.717) is 51.9 Å². The minimum atomic E-state index is -1.31. The van der Waals surface area contributed by atoms with Crippen molar-refractivity contribution < 1.29 is 38.4 Å². The second kappa shape index (κ2) is 19.0. The van der Waals surface area contributed by atoms with Gasteiger partial charge in [-0.3, -0.25) is 4.79 Å². The first-order valence-electron chi connectivity index (χ1n) is 18.9. The van der Waals surface area contributed by atoms with Crippen molar-refractivity contribution in [3.63, 3.8) is 0 Å². The lowest BCUT2D eigenvalue weighted by molar-refractivity contribution is -0.149. The molecule has 4 heterocycles. The molecule has 3 aliphatic heterocycles. The molecule has 15 heteroatoms. The molecule has 0 radical (unpaired) electrons. The number of piperazine rings is 1. The fourth-order valence-electron chi connectivity index (χ4n) is 6.60. The Kier molecular flexibility index (Phi) is 14.2. The highest BCUT2D eigenvalue weighted by Crippen LogP contribution is 2.27. The monoisotopic (exact) mass is 749 g/mol. The molecule has 1 aromatic carbocycles. The third-order valence-electron chi connectivity index (χ3n) is 10.1. The maximum atomic E-state index is 13.1. The Morgan fingerprint density at radius 3 is 2.59 bits per heavy atom. The van der Waals surface area contributed by atoms with E-state index >= 15 is 0 Å². The molecular formula is C39H55N7O8. The molecule has 2 aromatic rings. The van der Waals surface area contributed by atoms with E-state index in [0.717, 1.165) is 24.4 Å². The highest BCUT2D eigenvalue weighted by Gasteiger charge is 2.36. The van der Waals surface area contributed by atoms with Gasteiger partial charge in [-0.25, -0.2) is 9.59 Å². The first kappa shape index (κ1) is 40.4. The van der Waals surface area contributed by atoms with Gasteiger partial charge >= 0.3 is 24.2 Å². The summed E-state index contributed by atoms with van der Waals surface area (Å²) in [5, 5.41) is 23.2. The van der Waals surface area contributed by atoms with Crippen LogP contribution in [-0.4, -0.2) is 135 Å². The summed E-state index contributed by atoms with van der Waals surface area (Å²) in [4.78, 5) is 44.3. The molecule has 6 atom stereocenters. The van der Waals surface area contributed by atoms with Crippen molar-refractivity contribution in [2.75, 3.05) is 52.9 Å². The van der Waals surface area contributed by atoms with Crippen LogP contribution in [0.1, 0.15) is 59.8 Å². The van der Waals surface area contributed by atoms with Crippen molar-refractivity contribution in [2.24, 2.45) is 11.8 Å². The fourth-order valence-corrected chi connectivity index (χ4v) is 6.60. The largest absolute Gasteiger partial charge is 0.457 e. The molecule has 0 aliphatic carbocycles. The Morgan fingerprint density at radius 2 is 1.83 bits per heavy atom. The van der Waals surface area contributed by atoms with Crippen LogP contribution in [0.2, 0.25) is 0 Å². The molecule has 1 N–H and O–H groups in total. The van der Waals surface area contributed by atoms with Crippen molar-refractivity contribution in [1.29, 1.82) is 0 Å². The van der Waals surface area contributed by atoms with Gasteiger partial charge in [-0.15, -0.1) is 0 Å². The van der Waals surface area contributed by atoms with E-state index in [2.05, 4.69) is 20.4 Å². The number of allylic oxidation sites excluding steroid dienone is 2. The number of carbonyl (C=O) groups is 3. The standard InChI is InChI=1S/C39H55N7O8/c1-28(27-51-37(48)45-21-19-32(26-45)52-36-40-41-42-46(36)31-14-7-6-8-15-31)12-11-13-29(2)35-30(3)17-18-33(39(4,50)20-10-9-16-34(47)54-35)53-38(49)44-24-22-43(5)23-25-44/h6-8,11-15,17-18,28,30,32-33,35,50H,9-10,16,19-27H2,1-5H3/b12-11+,18-17-,29-13+/t28-,30+,32+,33+,35-,39+/m1/s1. The van der Waals surface area contributed by atoms with Crippen molar-refractivity contribution in [3.8, 4) is 11.7 Å². The number of likely N-dealkylation sites (tertiary alicyclic amines) is 1. The average molecular weight is 750 g/mol. The number of likely N-dealkylation sites (N-methyl/N-ethyl adjacent to an activating group) is 1. The summed E-state index contributed by atoms with van der Waals surface area (Å²) in [5.41, 5.74) is 0.283. The second-order valence-corrected chi connectivity index (χ2v) is 14.8. The quantitative estimate of drug-likeness (QED) is 0.165. The zero-order valence-electron chi connectivity index (χ0n) is 32.1. The number of hydrogen-bond donors (Lipinski definition) is 1. The Bertz CT molecular complexity index is 1640. The summed E-state index contributed by atoms with van der Waals surface area (Å²) in [6.45, 7) is 11.1. The van der Waals surface area contributed by atoms with Crippen LogP contribution in [0.5, 0.6) is 6.01 Å². The van der Waals surface area contributed by atoms with E-state index in [-0.39, 0.29) is 42.9 Å². The lowest BCUT2D eigenvalue weighted by Gasteiger charge is -2.36. The van der Waals surface area contributed by atoms with Crippen LogP contribution in [0.3, 0.4) is 0 Å². The van der Waals surface area contributed by atoms with Crippen molar-refractivity contribution in [2.45, 2.75) is 83.7 Å². The van der Waals surface area contributed by atoms with E-state index < -0.39 is 30.0 Å². The van der Waals surface area contributed by atoms with Crippen LogP contribution in [-0.2, 0) is 19.0 Å². The molecule has 0 bridgehead atoms. The summed E-state index contributed by atoms with van der Waals surface area (Å²) in [6.07, 6.45) is 9.01. The molecule has 15 nitrogen and oxygen atoms in total. The number of ether oxygens (including phenoxy) is 4. The van der Waals surface area contributed by atoms with E-state index in [4.69, 9.17) is 18.9 Å². The zero-order chi connectivity index (χ0) is 38.7. The Morgan fingerprint density at radius 1 is 1.07 bits per heavy atom. The average Bonchev–Trinajstić information content (AvgIpc) is 3.83. The number of aromatic nitrogens is 4. The third kappa shape index (κ3) is 11.4. The lowest BCUT2D eigenvalue weighted by atomic mass is 9.89. The summed E-state index contributed by atoms with van der Waals surface area (Å²) < 4.78 is 25.0. The van der Waals surface area contributed by atoms with Gasteiger partial charge in [0.1, 0.15) is 17.8 Å². The predicted molar refractivity (Wildman–Crippen MR) is 200 cm³/mol. The van der Waals surface area contributed by atoms with E-state index in [1.165, 1.54) is 4.68 Å². The van der Waals surface area contributed by atoms with Gasteiger partial charge in [-0.1, -0.05) is 61.4 Å². The van der Waals surface area contributed by atoms with Crippen LogP contribution < -0.4 is 4.74 Å². The Labute approximate surface area is 317 Å². The molecular weight excluding hydrogens is 694 g/mol. The molecule has 294 valence electrons. The number of rotatable bonds is 9. The summed E-state index contributed by atoms with van der Waals surface area (Å²) in [5.74, 6) is -0.673. The van der Waals surface area contributed by atoms with E-state index in [1.807, 2.05) is 82.5 Å². The normalized spacial score (nSPS) is 27.4. The number of cyclic esters (lactones) is 1. The van der Waals surface area contributed by atoms with Gasteiger partial charge in [0.25, 0.3) is 0 Å². The predicted octanol–water partition coefficient (Wildman–Crippen LogP) is 4.57. The van der Waals surface area contributed by atoms with Crippen LogP contribution in [0, 0.1) is 11.8 Å². The molecule has 5 rings (SSSR count). The second-order valence-electron chi connectivity index (χ2n) is 14.8. The summed E-state index contributed by atoms with van der Waals surface area (Å²) in [6, 6.07) is 9.70. The Balaban J connectivity index is 1.13. The van der Waals surface area contributed by atoms with Gasteiger partial charge in [0.05, 0.1) is 18.8 Å². The molecule has 54 heavy (non-hydrogen) atoms. The molecule has 0 spiro atoms. The van der Waals surface area contributed by atoms with Crippen LogP contribution >= 0.6 is 0 Å². The number of carbonyl (C=O) groups excluding carboxylic acids is 3. The van der Waals surface area contributed by atoms with Crippen molar-refractivity contribution in [3.05, 3.63) is 66.3 Å². The van der Waals surface area contributed by atoms with Crippen LogP contribution in [0.25, 0.3) is 5.69 Å². The zero-order valence-corrected chi connectivity index (χ0v) is 32.1. The van der Waals surface area contributed by atoms with Gasteiger partial charge in [-0.2, -0.15) is 4.68 Å². The maximum Gasteiger partial charge on any atom is 0.410 e. The van der Waals surface area contributed by atoms with Crippen LogP contribution in [0.15, 0.2) is 66.3 Å². The molecule has 2 fully saturated rings. The summed E-state index contributed by atoms with van der Waals surface area (Å²) in [7, 11) is 2.02. The van der Waals surface area contributed by atoms with Gasteiger partial charge < -0.3 is 38.8 Å². The third-order valence-corrected chi connectivity index (χ3v) is 10.1.